The van der Waals surface area contributed by atoms with Gasteiger partial charge in [0, 0.05) is 19.3 Å². The molecular weight excluding hydrogens is 221 g/mol. The summed E-state index contributed by atoms with van der Waals surface area (Å²) in [6, 6.07) is -0.313. The van der Waals surface area contributed by atoms with Gasteiger partial charge in [0.25, 0.3) is 0 Å². The molecule has 1 aliphatic heterocycles. The van der Waals surface area contributed by atoms with Crippen molar-refractivity contribution >= 4 is 0 Å². The van der Waals surface area contributed by atoms with Crippen molar-refractivity contribution in [2.45, 2.75) is 31.0 Å². The summed E-state index contributed by atoms with van der Waals surface area (Å²) < 4.78 is 65.2. The SMILES string of the molecule is FC(F)(F)C(F)(F)CNC1CCOCC1. The Hall–Kier alpha value is -0.430. The van der Waals surface area contributed by atoms with E-state index in [4.69, 9.17) is 4.74 Å². The van der Waals surface area contributed by atoms with Crippen LogP contribution in [0.2, 0.25) is 0 Å². The highest BCUT2D eigenvalue weighted by molar-refractivity contribution is 4.81. The Morgan fingerprint density at radius 2 is 1.60 bits per heavy atom. The molecule has 1 rings (SSSR count). The van der Waals surface area contributed by atoms with Gasteiger partial charge in [-0.05, 0) is 12.8 Å². The summed E-state index contributed by atoms with van der Waals surface area (Å²) in [6.07, 6.45) is -4.55. The molecule has 0 aliphatic carbocycles. The van der Waals surface area contributed by atoms with Crippen molar-refractivity contribution in [3.05, 3.63) is 0 Å². The molecule has 1 N–H and O–H groups in total. The van der Waals surface area contributed by atoms with Gasteiger partial charge in [0.05, 0.1) is 6.54 Å². The molecule has 2 nitrogen and oxygen atoms in total. The summed E-state index contributed by atoms with van der Waals surface area (Å²) in [5, 5.41) is 2.22. The van der Waals surface area contributed by atoms with E-state index in [1.54, 1.807) is 0 Å². The highest BCUT2D eigenvalue weighted by Gasteiger charge is 2.57. The first-order chi connectivity index (χ1) is 6.83. The molecule has 90 valence electrons. The smallest absolute Gasteiger partial charge is 0.381 e. The minimum absolute atomic E-state index is 0.313. The van der Waals surface area contributed by atoms with Gasteiger partial charge in [-0.1, -0.05) is 0 Å². The van der Waals surface area contributed by atoms with Gasteiger partial charge in [-0.3, -0.25) is 0 Å². The quantitative estimate of drug-likeness (QED) is 0.752. The van der Waals surface area contributed by atoms with Crippen LogP contribution in [0.3, 0.4) is 0 Å². The average Bonchev–Trinajstić information content (AvgIpc) is 2.15. The highest BCUT2D eigenvalue weighted by Crippen LogP contribution is 2.34. The predicted molar refractivity (Wildman–Crippen MR) is 42.8 cm³/mol. The molecule has 0 unspecified atom stereocenters. The van der Waals surface area contributed by atoms with E-state index in [0.717, 1.165) is 0 Å². The monoisotopic (exact) mass is 233 g/mol. The zero-order valence-corrected chi connectivity index (χ0v) is 7.91. The van der Waals surface area contributed by atoms with Gasteiger partial charge in [-0.2, -0.15) is 22.0 Å². The van der Waals surface area contributed by atoms with Crippen molar-refractivity contribution in [1.82, 2.24) is 5.32 Å². The second-order valence-electron chi connectivity index (χ2n) is 3.47. The Kier molecular flexibility index (Phi) is 3.88. The van der Waals surface area contributed by atoms with Gasteiger partial charge in [-0.15, -0.1) is 0 Å². The summed E-state index contributed by atoms with van der Waals surface area (Å²) in [5.74, 6) is -4.66. The molecule has 0 aromatic rings. The Labute approximate surface area is 83.8 Å². The van der Waals surface area contributed by atoms with E-state index < -0.39 is 18.6 Å². The van der Waals surface area contributed by atoms with Crippen molar-refractivity contribution in [1.29, 1.82) is 0 Å². The molecule has 0 bridgehead atoms. The largest absolute Gasteiger partial charge is 0.454 e. The van der Waals surface area contributed by atoms with Crippen LogP contribution in [0.5, 0.6) is 0 Å². The fourth-order valence-electron chi connectivity index (χ4n) is 1.27. The summed E-state index contributed by atoms with van der Waals surface area (Å²) >= 11 is 0. The maximum Gasteiger partial charge on any atom is 0.454 e. The molecule has 1 heterocycles. The number of ether oxygens (including phenoxy) is 1. The van der Waals surface area contributed by atoms with Crippen LogP contribution >= 0.6 is 0 Å². The molecule has 0 atom stereocenters. The Morgan fingerprint density at radius 1 is 1.07 bits per heavy atom. The van der Waals surface area contributed by atoms with Crippen LogP contribution in [0, 0.1) is 0 Å². The first-order valence-electron chi connectivity index (χ1n) is 4.58. The highest BCUT2D eigenvalue weighted by atomic mass is 19.4. The van der Waals surface area contributed by atoms with Crippen LogP contribution < -0.4 is 5.32 Å². The van der Waals surface area contributed by atoms with Crippen LogP contribution in [0.4, 0.5) is 22.0 Å². The second-order valence-corrected chi connectivity index (χ2v) is 3.47. The van der Waals surface area contributed by atoms with Crippen molar-refractivity contribution in [3.63, 3.8) is 0 Å². The third kappa shape index (κ3) is 3.57. The fourth-order valence-corrected chi connectivity index (χ4v) is 1.27. The van der Waals surface area contributed by atoms with Crippen molar-refractivity contribution in [2.75, 3.05) is 19.8 Å². The Bertz CT molecular complexity index is 200. The van der Waals surface area contributed by atoms with Crippen molar-refractivity contribution < 1.29 is 26.7 Å². The number of hydrogen-bond acceptors (Lipinski definition) is 2. The molecule has 0 amide bonds. The minimum Gasteiger partial charge on any atom is -0.381 e. The van der Waals surface area contributed by atoms with E-state index >= 15 is 0 Å². The van der Waals surface area contributed by atoms with Gasteiger partial charge >= 0.3 is 12.1 Å². The van der Waals surface area contributed by atoms with E-state index in [1.165, 1.54) is 0 Å². The molecular formula is C8H12F5NO. The first kappa shape index (κ1) is 12.6. The molecule has 0 aromatic carbocycles. The number of halogens is 5. The first-order valence-corrected chi connectivity index (χ1v) is 4.58. The standard InChI is InChI=1S/C8H12F5NO/c9-7(10,8(11,12)13)5-14-6-1-3-15-4-2-6/h6,14H,1-5H2. The average molecular weight is 233 g/mol. The maximum atomic E-state index is 12.5. The summed E-state index contributed by atoms with van der Waals surface area (Å²) in [6.45, 7) is -0.564. The zero-order chi connectivity index (χ0) is 11.5. The van der Waals surface area contributed by atoms with E-state index in [1.807, 2.05) is 0 Å². The molecule has 0 spiro atoms. The molecule has 15 heavy (non-hydrogen) atoms. The third-order valence-corrected chi connectivity index (χ3v) is 2.25. The lowest BCUT2D eigenvalue weighted by Crippen LogP contribution is -2.49. The van der Waals surface area contributed by atoms with Crippen LogP contribution in [0.25, 0.3) is 0 Å². The van der Waals surface area contributed by atoms with Crippen molar-refractivity contribution in [3.8, 4) is 0 Å². The lowest BCUT2D eigenvalue weighted by molar-refractivity contribution is -0.279. The van der Waals surface area contributed by atoms with Crippen LogP contribution in [-0.4, -0.2) is 37.9 Å². The fraction of sp³-hybridized carbons (Fsp3) is 1.00. The van der Waals surface area contributed by atoms with Gasteiger partial charge in [0.15, 0.2) is 0 Å². The normalized spacial score (nSPS) is 20.6. The molecule has 0 saturated carbocycles. The molecule has 1 saturated heterocycles. The van der Waals surface area contributed by atoms with Gasteiger partial charge in [0.2, 0.25) is 0 Å². The molecule has 1 aliphatic rings. The summed E-state index contributed by atoms with van der Waals surface area (Å²) in [7, 11) is 0. The molecule has 0 aromatic heterocycles. The number of alkyl halides is 5. The van der Waals surface area contributed by atoms with Crippen molar-refractivity contribution in [2.24, 2.45) is 0 Å². The summed E-state index contributed by atoms with van der Waals surface area (Å²) in [4.78, 5) is 0. The van der Waals surface area contributed by atoms with Gasteiger partial charge in [-0.25, -0.2) is 0 Å². The number of nitrogens with one attached hydrogen (secondary N) is 1. The maximum absolute atomic E-state index is 12.5. The van der Waals surface area contributed by atoms with E-state index in [-0.39, 0.29) is 6.04 Å². The van der Waals surface area contributed by atoms with Crippen LogP contribution in [0.15, 0.2) is 0 Å². The van der Waals surface area contributed by atoms with E-state index in [2.05, 4.69) is 5.32 Å². The molecule has 1 fully saturated rings. The lowest BCUT2D eigenvalue weighted by Gasteiger charge is -2.26. The topological polar surface area (TPSA) is 21.3 Å². The minimum atomic E-state index is -5.48. The van der Waals surface area contributed by atoms with E-state index in [9.17, 15) is 22.0 Å². The van der Waals surface area contributed by atoms with E-state index in [0.29, 0.717) is 26.1 Å². The Morgan fingerprint density at radius 3 is 2.07 bits per heavy atom. The van der Waals surface area contributed by atoms with Gasteiger partial charge < -0.3 is 10.1 Å². The lowest BCUT2D eigenvalue weighted by atomic mass is 10.1. The second kappa shape index (κ2) is 4.61. The third-order valence-electron chi connectivity index (χ3n) is 2.25. The van der Waals surface area contributed by atoms with Crippen LogP contribution in [0.1, 0.15) is 12.8 Å². The van der Waals surface area contributed by atoms with Crippen LogP contribution in [-0.2, 0) is 4.74 Å². The number of hydrogen-bond donors (Lipinski definition) is 1. The summed E-state index contributed by atoms with van der Waals surface area (Å²) in [5.41, 5.74) is 0. The number of rotatable bonds is 3. The predicted octanol–water partition coefficient (Wildman–Crippen LogP) is 1.95. The Balaban J connectivity index is 2.35. The zero-order valence-electron chi connectivity index (χ0n) is 7.91. The molecule has 0 radical (unpaired) electrons. The van der Waals surface area contributed by atoms with Gasteiger partial charge in [0.1, 0.15) is 0 Å². The molecule has 7 heteroatoms.